The highest BCUT2D eigenvalue weighted by Gasteiger charge is 2.53. The van der Waals surface area contributed by atoms with Gasteiger partial charge in [-0.3, -0.25) is 28.8 Å². The average Bonchev–Trinajstić information content (AvgIpc) is 3.48. The van der Waals surface area contributed by atoms with Crippen molar-refractivity contribution in [1.82, 2.24) is 0 Å². The minimum absolute atomic E-state index is 0.0171. The van der Waals surface area contributed by atoms with Crippen LogP contribution in [-0.2, 0) is 70.8 Å². The van der Waals surface area contributed by atoms with E-state index in [1.165, 1.54) is 0 Å². The van der Waals surface area contributed by atoms with Crippen molar-refractivity contribution >= 4 is 66.1 Å². The second-order valence-corrected chi connectivity index (χ2v) is 20.7. The summed E-state index contributed by atoms with van der Waals surface area (Å²) in [5.74, 6) is -6.51. The quantitative estimate of drug-likeness (QED) is 0.0628. The number of carbonyl (C=O) groups is 6. The molecule has 0 aromatic heterocycles. The second kappa shape index (κ2) is 30.1. The first kappa shape index (κ1) is 57.1. The van der Waals surface area contributed by atoms with E-state index in [0.717, 1.165) is 16.7 Å². The van der Waals surface area contributed by atoms with Gasteiger partial charge in [-0.05, 0) is 50.1 Å². The molecule has 0 aliphatic carbocycles. The Morgan fingerprint density at radius 1 is 0.237 bits per heavy atom. The third-order valence-electron chi connectivity index (χ3n) is 12.4. The molecule has 0 aliphatic rings. The highest BCUT2D eigenvalue weighted by Crippen LogP contribution is 2.31. The van der Waals surface area contributed by atoms with Crippen LogP contribution in [0.25, 0.3) is 0 Å². The van der Waals surface area contributed by atoms with Gasteiger partial charge in [0.2, 0.25) is 0 Å². The first-order valence-corrected chi connectivity index (χ1v) is 28.6. The average molecular weight is 1090 g/mol. The predicted octanol–water partition coefficient (Wildman–Crippen LogP) is 11.4. The van der Waals surface area contributed by atoms with Crippen molar-refractivity contribution < 1.29 is 51.5 Å². The van der Waals surface area contributed by atoms with E-state index in [-0.39, 0.29) is 19.3 Å². The first-order chi connectivity index (χ1) is 39.2. The molecule has 0 saturated heterocycles. The van der Waals surface area contributed by atoms with Crippen LogP contribution in [0.15, 0.2) is 273 Å². The lowest BCUT2D eigenvalue weighted by atomic mass is 9.91. The maximum absolute atomic E-state index is 14.2. The highest BCUT2D eigenvalue weighted by atomic mass is 27.3. The smallest absolute Gasteiger partial charge is 0.551 e. The molecule has 12 nitrogen and oxygen atoms in total. The van der Waals surface area contributed by atoms with Gasteiger partial charge in [0.25, 0.3) is 35.8 Å². The molecule has 0 amide bonds. The summed E-state index contributed by atoms with van der Waals surface area (Å²) in [6.45, 7) is 0. The molecule has 0 bridgehead atoms. The topological polar surface area (TPSA) is 158 Å². The Morgan fingerprint density at radius 2 is 0.400 bits per heavy atom. The molecule has 396 valence electrons. The van der Waals surface area contributed by atoms with Crippen LogP contribution in [0.5, 0.6) is 0 Å². The van der Waals surface area contributed by atoms with Gasteiger partial charge in [0, 0.05) is 0 Å². The van der Waals surface area contributed by atoms with E-state index in [4.69, 9.17) is 22.7 Å². The summed E-state index contributed by atoms with van der Waals surface area (Å²) in [5.41, 5.74) is 6.32. The Bertz CT molecular complexity index is 2880. The monoisotopic (exact) mass is 1090 g/mol. The van der Waals surface area contributed by atoms with Gasteiger partial charge in [-0.15, -0.1) is 0 Å². The summed E-state index contributed by atoms with van der Waals surface area (Å²) >= 11 is -7.25. The van der Waals surface area contributed by atoms with E-state index in [2.05, 4.69) is 0 Å². The minimum atomic E-state index is -3.87. The van der Waals surface area contributed by atoms with E-state index in [9.17, 15) is 28.8 Å². The summed E-state index contributed by atoms with van der Waals surface area (Å²) in [6, 6.07) is 82.1. The SMILES string of the molecule is O=C(Cc1ccccc1)[O][Al]([O]C(=O)Cc1ccccc1)[O]C(=O)Cc1ccccc1.O=C([O][Al]([O]C(=O)C(c1ccccc1)c1ccccc1)[O]C(=O)C(c1ccccc1)c1ccccc1)C(c1ccccc1)c1ccccc1. The van der Waals surface area contributed by atoms with Gasteiger partial charge < -0.3 is 22.7 Å². The molecule has 0 spiro atoms. The minimum Gasteiger partial charge on any atom is -0.551 e. The molecule has 0 heterocycles. The maximum Gasteiger partial charge on any atom is 1.20 e. The van der Waals surface area contributed by atoms with E-state index < -0.39 is 83.9 Å². The molecule has 9 aromatic carbocycles. The molecule has 0 atom stereocenters. The van der Waals surface area contributed by atoms with E-state index in [1.807, 2.05) is 200 Å². The predicted molar refractivity (Wildman–Crippen MR) is 303 cm³/mol. The number of hydrogen-bond acceptors (Lipinski definition) is 12. The third kappa shape index (κ3) is 17.4. The van der Waals surface area contributed by atoms with Crippen molar-refractivity contribution in [3.63, 3.8) is 0 Å². The van der Waals surface area contributed by atoms with Crippen LogP contribution in [0.4, 0.5) is 0 Å². The molecule has 14 heteroatoms. The highest BCUT2D eigenvalue weighted by molar-refractivity contribution is 6.45. The normalized spacial score (nSPS) is 10.5. The van der Waals surface area contributed by atoms with Gasteiger partial charge in [-0.25, -0.2) is 0 Å². The van der Waals surface area contributed by atoms with Gasteiger partial charge >= 0.3 is 30.3 Å². The van der Waals surface area contributed by atoms with Crippen molar-refractivity contribution in [2.24, 2.45) is 0 Å². The van der Waals surface area contributed by atoms with Crippen LogP contribution in [0.2, 0.25) is 0 Å². The maximum atomic E-state index is 14.2. The van der Waals surface area contributed by atoms with Crippen molar-refractivity contribution in [3.05, 3.63) is 323 Å². The number of benzene rings is 9. The van der Waals surface area contributed by atoms with Crippen molar-refractivity contribution in [2.75, 3.05) is 0 Å². The van der Waals surface area contributed by atoms with Gasteiger partial charge in [0.15, 0.2) is 0 Å². The number of carbonyl (C=O) groups excluding carboxylic acids is 6. The first-order valence-electron chi connectivity index (χ1n) is 25.8. The Balaban J connectivity index is 0.000000233. The van der Waals surface area contributed by atoms with Gasteiger partial charge in [0.05, 0.1) is 19.3 Å². The van der Waals surface area contributed by atoms with Crippen molar-refractivity contribution in [1.29, 1.82) is 0 Å². The van der Waals surface area contributed by atoms with Crippen molar-refractivity contribution in [2.45, 2.75) is 37.0 Å². The fourth-order valence-electron chi connectivity index (χ4n) is 8.63. The molecular formula is C66H54Al2O12. The summed E-state index contributed by atoms with van der Waals surface area (Å²) < 4.78 is 33.9. The van der Waals surface area contributed by atoms with Gasteiger partial charge in [-0.1, -0.05) is 273 Å². The standard InChI is InChI=1S/3C14H12O2.3C8H8O2.2Al/c3*15-14(16)13(11-7-3-1-4-8-11)12-9-5-2-6-10-12;3*9-8(10)6-7-4-2-1-3-5-7;;/h3*1-10,13H,(H,15,16);3*1-5H,6H2,(H,9,10);;/q;;;;;;2*+3/p-6. The Labute approximate surface area is 474 Å². The fourth-order valence-corrected chi connectivity index (χ4v) is 10.8. The summed E-state index contributed by atoms with van der Waals surface area (Å²) in [4.78, 5) is 79.5. The summed E-state index contributed by atoms with van der Waals surface area (Å²) in [6.07, 6.45) is -0.0512. The Hall–Kier alpha value is -9.14. The van der Waals surface area contributed by atoms with Crippen LogP contribution in [0, 0.1) is 0 Å². The molecule has 0 fully saturated rings. The lowest BCUT2D eigenvalue weighted by Gasteiger charge is -2.24. The van der Waals surface area contributed by atoms with Crippen molar-refractivity contribution in [3.8, 4) is 0 Å². The number of rotatable bonds is 21. The largest absolute Gasteiger partial charge is 1.20 e. The molecule has 0 N–H and O–H groups in total. The molecule has 0 unspecified atom stereocenters. The van der Waals surface area contributed by atoms with Crippen LogP contribution >= 0.6 is 0 Å². The van der Waals surface area contributed by atoms with E-state index in [1.54, 1.807) is 72.8 Å². The van der Waals surface area contributed by atoms with E-state index in [0.29, 0.717) is 33.4 Å². The molecule has 80 heavy (non-hydrogen) atoms. The summed E-state index contributed by atoms with van der Waals surface area (Å²) in [7, 11) is 0. The molecular weight excluding hydrogens is 1040 g/mol. The molecule has 0 radical (unpaired) electrons. The van der Waals surface area contributed by atoms with Gasteiger partial charge in [0.1, 0.15) is 17.8 Å². The molecule has 9 aromatic rings. The zero-order chi connectivity index (χ0) is 55.7. The molecule has 9 rings (SSSR count). The third-order valence-corrected chi connectivity index (χ3v) is 15.0. The number of hydrogen-bond donors (Lipinski definition) is 0. The van der Waals surface area contributed by atoms with Crippen LogP contribution in [0.3, 0.4) is 0 Å². The zero-order valence-corrected chi connectivity index (χ0v) is 45.7. The Morgan fingerprint density at radius 3 is 0.588 bits per heavy atom. The molecule has 0 saturated carbocycles. The van der Waals surface area contributed by atoms with Crippen LogP contribution < -0.4 is 0 Å². The van der Waals surface area contributed by atoms with Crippen LogP contribution in [-0.4, -0.2) is 66.1 Å². The summed E-state index contributed by atoms with van der Waals surface area (Å²) in [5, 5.41) is 0. The van der Waals surface area contributed by atoms with Gasteiger partial charge in [-0.2, -0.15) is 0 Å². The molecule has 0 aliphatic heterocycles. The lowest BCUT2D eigenvalue weighted by Crippen LogP contribution is -2.39. The lowest BCUT2D eigenvalue weighted by molar-refractivity contribution is -0.151. The van der Waals surface area contributed by atoms with E-state index >= 15 is 0 Å². The van der Waals surface area contributed by atoms with Crippen LogP contribution in [0.1, 0.15) is 67.8 Å². The Kier molecular flexibility index (Phi) is 21.5. The second-order valence-electron chi connectivity index (χ2n) is 18.1. The zero-order valence-electron chi connectivity index (χ0n) is 43.4. The fraction of sp³-hybridized carbons (Fsp3) is 0.0909.